The van der Waals surface area contributed by atoms with Gasteiger partial charge in [-0.15, -0.1) is 10.2 Å². The molecule has 1 aliphatic carbocycles. The molecule has 1 aliphatic heterocycles. The van der Waals surface area contributed by atoms with E-state index in [0.29, 0.717) is 30.7 Å². The summed E-state index contributed by atoms with van der Waals surface area (Å²) in [5.74, 6) is 1.29. The van der Waals surface area contributed by atoms with E-state index in [9.17, 15) is 8.42 Å². The number of rotatable bonds is 11. The zero-order chi connectivity index (χ0) is 24.5. The molecule has 0 radical (unpaired) electrons. The van der Waals surface area contributed by atoms with Gasteiger partial charge >= 0.3 is 0 Å². The predicted molar refractivity (Wildman–Crippen MR) is 125 cm³/mol. The lowest BCUT2D eigenvalue weighted by Gasteiger charge is -2.26. The Kier molecular flexibility index (Phi) is 7.58. The molecule has 0 unspecified atom stereocenters. The summed E-state index contributed by atoms with van der Waals surface area (Å²) in [4.78, 5) is 8.45. The molecule has 12 heteroatoms. The summed E-state index contributed by atoms with van der Waals surface area (Å²) in [7, 11) is -2.08. The standard InChI is InChI=1S/C22H32ClN5O5S/c1-14(2)33-19(20-24-9-17(23)10-25-20)15(3)34(29,30)12-18-26-27-21(16-5-8-32-11-16)28(18)22(6-7-22)13-31-4/h9-10,14-16,19H,5-8,11-13H2,1-4H3/t15-,16+,19+/m0/s1. The van der Waals surface area contributed by atoms with Gasteiger partial charge in [0.2, 0.25) is 0 Å². The molecule has 2 aliphatic rings. The fourth-order valence-corrected chi connectivity index (χ4v) is 5.90. The molecule has 0 aromatic carbocycles. The second-order valence-electron chi connectivity index (χ2n) is 9.40. The minimum atomic E-state index is -3.73. The first kappa shape index (κ1) is 25.4. The number of methoxy groups -OCH3 is 1. The van der Waals surface area contributed by atoms with Gasteiger partial charge in [0.25, 0.3) is 0 Å². The lowest BCUT2D eigenvalue weighted by Crippen LogP contribution is -2.34. The molecular formula is C22H32ClN5O5S. The largest absolute Gasteiger partial charge is 0.382 e. The predicted octanol–water partition coefficient (Wildman–Crippen LogP) is 2.83. The van der Waals surface area contributed by atoms with Gasteiger partial charge in [-0.3, -0.25) is 0 Å². The van der Waals surface area contributed by atoms with Gasteiger partial charge in [0.1, 0.15) is 23.5 Å². The van der Waals surface area contributed by atoms with Crippen molar-refractivity contribution in [3.05, 3.63) is 34.9 Å². The fraction of sp³-hybridized carbons (Fsp3) is 0.727. The first-order chi connectivity index (χ1) is 16.2. The third-order valence-electron chi connectivity index (χ3n) is 6.40. The average molecular weight is 514 g/mol. The highest BCUT2D eigenvalue weighted by molar-refractivity contribution is 7.91. The van der Waals surface area contributed by atoms with Crippen LogP contribution in [0.3, 0.4) is 0 Å². The Morgan fingerprint density at radius 1 is 1.24 bits per heavy atom. The Morgan fingerprint density at radius 3 is 2.50 bits per heavy atom. The number of aromatic nitrogens is 5. The molecule has 0 N–H and O–H groups in total. The Morgan fingerprint density at radius 2 is 1.94 bits per heavy atom. The average Bonchev–Trinajstić information content (AvgIpc) is 3.18. The SMILES string of the molecule is COCC1(n2c(CS(=O)(=O)[C@@H](C)[C@@H](OC(C)C)c3ncc(Cl)cn3)nnc2[C@@H]2CCOC2)CC1. The minimum Gasteiger partial charge on any atom is -0.382 e. The summed E-state index contributed by atoms with van der Waals surface area (Å²) < 4.78 is 46.3. The maximum Gasteiger partial charge on any atom is 0.163 e. The van der Waals surface area contributed by atoms with Crippen LogP contribution in [-0.4, -0.2) is 71.4 Å². The lowest BCUT2D eigenvalue weighted by molar-refractivity contribution is 0.00142. The van der Waals surface area contributed by atoms with E-state index >= 15 is 0 Å². The summed E-state index contributed by atoms with van der Waals surface area (Å²) in [5.41, 5.74) is -0.308. The molecule has 188 valence electrons. The summed E-state index contributed by atoms with van der Waals surface area (Å²) in [6.45, 7) is 7.00. The molecule has 10 nitrogen and oxygen atoms in total. The van der Waals surface area contributed by atoms with Gasteiger partial charge in [0.15, 0.2) is 15.7 Å². The van der Waals surface area contributed by atoms with Gasteiger partial charge in [-0.1, -0.05) is 11.6 Å². The van der Waals surface area contributed by atoms with Crippen LogP contribution in [0, 0.1) is 0 Å². The van der Waals surface area contributed by atoms with Crippen LogP contribution in [0.5, 0.6) is 0 Å². The first-order valence-corrected chi connectivity index (χ1v) is 13.6. The second kappa shape index (κ2) is 10.1. The summed E-state index contributed by atoms with van der Waals surface area (Å²) in [6, 6.07) is 0. The fourth-order valence-electron chi connectivity index (χ4n) is 4.43. The Labute approximate surface area is 205 Å². The quantitative estimate of drug-likeness (QED) is 0.446. The van der Waals surface area contributed by atoms with E-state index in [-0.39, 0.29) is 29.1 Å². The van der Waals surface area contributed by atoms with Crippen LogP contribution in [-0.2, 0) is 35.3 Å². The van der Waals surface area contributed by atoms with Crippen LogP contribution in [0.15, 0.2) is 12.4 Å². The van der Waals surface area contributed by atoms with Crippen molar-refractivity contribution in [2.45, 2.75) is 74.7 Å². The molecule has 34 heavy (non-hydrogen) atoms. The number of sulfone groups is 1. The van der Waals surface area contributed by atoms with Gasteiger partial charge in [-0.05, 0) is 40.0 Å². The molecule has 0 amide bonds. The van der Waals surface area contributed by atoms with Crippen LogP contribution in [0.1, 0.15) is 69.5 Å². The van der Waals surface area contributed by atoms with E-state index in [4.69, 9.17) is 25.8 Å². The Balaban J connectivity index is 1.66. The van der Waals surface area contributed by atoms with E-state index in [2.05, 4.69) is 20.2 Å². The van der Waals surface area contributed by atoms with E-state index in [1.165, 1.54) is 12.4 Å². The van der Waals surface area contributed by atoms with Crippen LogP contribution in [0.2, 0.25) is 5.02 Å². The third kappa shape index (κ3) is 5.28. The van der Waals surface area contributed by atoms with Gasteiger partial charge in [-0.2, -0.15) is 0 Å². The topological polar surface area (TPSA) is 118 Å². The van der Waals surface area contributed by atoms with Crippen LogP contribution in [0.25, 0.3) is 0 Å². The molecule has 1 saturated heterocycles. The van der Waals surface area contributed by atoms with Crippen molar-refractivity contribution in [2.75, 3.05) is 26.9 Å². The Hall–Kier alpha value is -1.66. The lowest BCUT2D eigenvalue weighted by atomic mass is 10.1. The van der Waals surface area contributed by atoms with E-state index in [0.717, 1.165) is 25.1 Å². The summed E-state index contributed by atoms with van der Waals surface area (Å²) in [6.07, 6.45) is 4.41. The van der Waals surface area contributed by atoms with Crippen molar-refractivity contribution in [3.63, 3.8) is 0 Å². The zero-order valence-corrected chi connectivity index (χ0v) is 21.5. The molecule has 3 heterocycles. The summed E-state index contributed by atoms with van der Waals surface area (Å²) in [5, 5.41) is 8.24. The monoisotopic (exact) mass is 513 g/mol. The highest BCUT2D eigenvalue weighted by Crippen LogP contribution is 2.47. The van der Waals surface area contributed by atoms with Crippen molar-refractivity contribution in [2.24, 2.45) is 0 Å². The molecule has 2 fully saturated rings. The van der Waals surface area contributed by atoms with Crippen LogP contribution >= 0.6 is 11.6 Å². The van der Waals surface area contributed by atoms with E-state index < -0.39 is 21.2 Å². The van der Waals surface area contributed by atoms with Crippen molar-refractivity contribution in [1.82, 2.24) is 24.7 Å². The maximum atomic E-state index is 13.7. The molecule has 1 saturated carbocycles. The molecule has 2 aromatic rings. The highest BCUT2D eigenvalue weighted by atomic mass is 35.5. The normalized spacial score (nSPS) is 21.6. The number of hydrogen-bond donors (Lipinski definition) is 0. The Bertz CT molecular complexity index is 1080. The molecule has 4 rings (SSSR count). The minimum absolute atomic E-state index is 0.0928. The van der Waals surface area contributed by atoms with Crippen LogP contribution in [0.4, 0.5) is 0 Å². The van der Waals surface area contributed by atoms with Crippen molar-refractivity contribution in [1.29, 1.82) is 0 Å². The zero-order valence-electron chi connectivity index (χ0n) is 20.0. The number of ether oxygens (including phenoxy) is 3. The number of nitrogens with zero attached hydrogens (tertiary/aromatic N) is 5. The number of hydrogen-bond acceptors (Lipinski definition) is 9. The molecule has 2 aromatic heterocycles. The third-order valence-corrected chi connectivity index (χ3v) is 8.64. The van der Waals surface area contributed by atoms with E-state index in [1.54, 1.807) is 14.0 Å². The summed E-state index contributed by atoms with van der Waals surface area (Å²) >= 11 is 5.93. The molecule has 3 atom stereocenters. The molecule has 0 bridgehead atoms. The molecular weight excluding hydrogens is 482 g/mol. The smallest absolute Gasteiger partial charge is 0.163 e. The van der Waals surface area contributed by atoms with Crippen molar-refractivity contribution < 1.29 is 22.6 Å². The van der Waals surface area contributed by atoms with Crippen molar-refractivity contribution >= 4 is 21.4 Å². The van der Waals surface area contributed by atoms with Gasteiger partial charge in [-0.25, -0.2) is 18.4 Å². The maximum absolute atomic E-state index is 13.7. The highest BCUT2D eigenvalue weighted by Gasteiger charge is 2.49. The first-order valence-electron chi connectivity index (χ1n) is 11.5. The van der Waals surface area contributed by atoms with Gasteiger partial charge in [0.05, 0.1) is 35.1 Å². The van der Waals surface area contributed by atoms with Gasteiger partial charge < -0.3 is 18.8 Å². The van der Waals surface area contributed by atoms with Crippen LogP contribution < -0.4 is 0 Å². The molecule has 0 spiro atoms. The van der Waals surface area contributed by atoms with Crippen molar-refractivity contribution in [3.8, 4) is 0 Å². The van der Waals surface area contributed by atoms with E-state index in [1.807, 2.05) is 18.4 Å². The second-order valence-corrected chi connectivity index (χ2v) is 12.2. The van der Waals surface area contributed by atoms with Gasteiger partial charge in [0, 0.05) is 32.0 Å². The number of halogens is 1.